The molecule has 0 fully saturated rings. The lowest BCUT2D eigenvalue weighted by Gasteiger charge is -2.10. The average molecular weight is 374 g/mol. The summed E-state index contributed by atoms with van der Waals surface area (Å²) in [6.45, 7) is 0.147. The van der Waals surface area contributed by atoms with Crippen LogP contribution in [0.3, 0.4) is 0 Å². The first-order chi connectivity index (χ1) is 13.1. The molecule has 0 amide bonds. The Kier molecular flexibility index (Phi) is 7.96. The van der Waals surface area contributed by atoms with Crippen molar-refractivity contribution in [1.29, 1.82) is 0 Å². The Morgan fingerprint density at radius 3 is 1.41 bits per heavy atom. The minimum Gasteiger partial charge on any atom is -0.493 e. The van der Waals surface area contributed by atoms with E-state index in [9.17, 15) is 9.59 Å². The van der Waals surface area contributed by atoms with Crippen molar-refractivity contribution in [3.8, 4) is 23.0 Å². The molecular weight excluding hydrogens is 352 g/mol. The lowest BCUT2D eigenvalue weighted by molar-refractivity contribution is -0.160. The van der Waals surface area contributed by atoms with Gasteiger partial charge in [0.2, 0.25) is 0 Å². The molecule has 0 N–H and O–H groups in total. The quantitative estimate of drug-likeness (QED) is 0.467. The van der Waals surface area contributed by atoms with Crippen LogP contribution in [0.5, 0.6) is 23.0 Å². The summed E-state index contributed by atoms with van der Waals surface area (Å²) in [6, 6.07) is 14.2. The molecule has 2 aromatic rings. The SMILES string of the molecule is COc1ccccc1OCCC(=O)OC(=O)CCOc1ccccc1OC. The van der Waals surface area contributed by atoms with E-state index < -0.39 is 11.9 Å². The Hall–Kier alpha value is -3.22. The Morgan fingerprint density at radius 1 is 0.667 bits per heavy atom. The van der Waals surface area contributed by atoms with E-state index in [1.54, 1.807) is 36.4 Å². The number of methoxy groups -OCH3 is 2. The Morgan fingerprint density at radius 2 is 1.04 bits per heavy atom. The third-order valence-corrected chi connectivity index (χ3v) is 3.49. The van der Waals surface area contributed by atoms with Crippen molar-refractivity contribution in [2.75, 3.05) is 27.4 Å². The monoisotopic (exact) mass is 374 g/mol. The van der Waals surface area contributed by atoms with Crippen LogP contribution in [0.15, 0.2) is 48.5 Å². The summed E-state index contributed by atoms with van der Waals surface area (Å²) < 4.78 is 26.0. The van der Waals surface area contributed by atoms with Crippen molar-refractivity contribution in [2.45, 2.75) is 12.8 Å². The van der Waals surface area contributed by atoms with Gasteiger partial charge in [0, 0.05) is 0 Å². The number of carbonyl (C=O) groups excluding carboxylic acids is 2. The third kappa shape index (κ3) is 6.54. The lowest BCUT2D eigenvalue weighted by Crippen LogP contribution is -2.17. The average Bonchev–Trinajstić information content (AvgIpc) is 2.68. The number of para-hydroxylation sites is 4. The number of ether oxygens (including phenoxy) is 5. The zero-order chi connectivity index (χ0) is 19.5. The molecule has 0 aliphatic rings. The molecule has 2 rings (SSSR count). The highest BCUT2D eigenvalue weighted by Gasteiger charge is 2.12. The second-order valence-corrected chi connectivity index (χ2v) is 5.34. The fourth-order valence-electron chi connectivity index (χ4n) is 2.19. The molecule has 0 aromatic heterocycles. The molecule has 0 unspecified atom stereocenters. The van der Waals surface area contributed by atoms with E-state index in [4.69, 9.17) is 23.7 Å². The standard InChI is InChI=1S/C20H22O7/c1-23-15-7-3-5-9-17(15)25-13-11-19(21)27-20(22)12-14-26-18-10-6-4-8-16(18)24-2/h3-10H,11-14H2,1-2H3. The number of carbonyl (C=O) groups is 2. The van der Waals surface area contributed by atoms with E-state index in [0.29, 0.717) is 23.0 Å². The molecule has 0 bridgehead atoms. The topological polar surface area (TPSA) is 80.3 Å². The van der Waals surface area contributed by atoms with Crippen molar-refractivity contribution >= 4 is 11.9 Å². The van der Waals surface area contributed by atoms with Gasteiger partial charge in [0.15, 0.2) is 23.0 Å². The molecule has 0 heterocycles. The molecule has 0 aliphatic carbocycles. The van der Waals surface area contributed by atoms with Crippen molar-refractivity contribution in [2.24, 2.45) is 0 Å². The lowest BCUT2D eigenvalue weighted by atomic mass is 10.3. The van der Waals surface area contributed by atoms with Gasteiger partial charge in [0.25, 0.3) is 0 Å². The van der Waals surface area contributed by atoms with Gasteiger partial charge in [-0.05, 0) is 24.3 Å². The first-order valence-corrected chi connectivity index (χ1v) is 8.39. The molecular formula is C20H22O7. The van der Waals surface area contributed by atoms with Gasteiger partial charge in [-0.3, -0.25) is 9.59 Å². The summed E-state index contributed by atoms with van der Waals surface area (Å²) in [5, 5.41) is 0. The highest BCUT2D eigenvalue weighted by molar-refractivity contribution is 5.85. The first kappa shape index (κ1) is 20.1. The van der Waals surface area contributed by atoms with Crippen LogP contribution in [0, 0.1) is 0 Å². The maximum atomic E-state index is 11.7. The van der Waals surface area contributed by atoms with Gasteiger partial charge >= 0.3 is 11.9 Å². The third-order valence-electron chi connectivity index (χ3n) is 3.49. The predicted molar refractivity (Wildman–Crippen MR) is 97.3 cm³/mol. The van der Waals surface area contributed by atoms with Crippen molar-refractivity contribution in [3.63, 3.8) is 0 Å². The highest BCUT2D eigenvalue weighted by atomic mass is 16.6. The molecule has 0 aliphatic heterocycles. The number of esters is 2. The fourth-order valence-corrected chi connectivity index (χ4v) is 2.19. The van der Waals surface area contributed by atoms with Gasteiger partial charge in [0.05, 0.1) is 40.3 Å². The molecule has 0 saturated carbocycles. The molecule has 27 heavy (non-hydrogen) atoms. The van der Waals surface area contributed by atoms with Gasteiger partial charge in [-0.1, -0.05) is 24.3 Å². The van der Waals surface area contributed by atoms with E-state index in [-0.39, 0.29) is 26.1 Å². The van der Waals surface area contributed by atoms with Gasteiger partial charge in [0.1, 0.15) is 0 Å². The van der Waals surface area contributed by atoms with E-state index in [2.05, 4.69) is 0 Å². The molecule has 144 valence electrons. The summed E-state index contributed by atoms with van der Waals surface area (Å²) in [7, 11) is 3.06. The largest absolute Gasteiger partial charge is 0.493 e. The number of hydrogen-bond donors (Lipinski definition) is 0. The first-order valence-electron chi connectivity index (χ1n) is 8.39. The number of benzene rings is 2. The highest BCUT2D eigenvalue weighted by Crippen LogP contribution is 2.26. The zero-order valence-corrected chi connectivity index (χ0v) is 15.3. The van der Waals surface area contributed by atoms with Crippen LogP contribution in [0.2, 0.25) is 0 Å². The molecule has 0 saturated heterocycles. The molecule has 7 heteroatoms. The summed E-state index contributed by atoms with van der Waals surface area (Å²) in [5.74, 6) is 0.846. The molecule has 7 nitrogen and oxygen atoms in total. The molecule has 0 atom stereocenters. The Balaban J connectivity index is 1.67. The van der Waals surface area contributed by atoms with Crippen LogP contribution in [0.4, 0.5) is 0 Å². The molecule has 0 radical (unpaired) electrons. The van der Waals surface area contributed by atoms with Crippen LogP contribution in [-0.2, 0) is 14.3 Å². The second kappa shape index (κ2) is 10.7. The predicted octanol–water partition coefficient (Wildman–Crippen LogP) is 3.01. The van der Waals surface area contributed by atoms with E-state index in [1.165, 1.54) is 14.2 Å². The second-order valence-electron chi connectivity index (χ2n) is 5.34. The minimum atomic E-state index is -0.660. The molecule has 2 aromatic carbocycles. The normalized spacial score (nSPS) is 10.0. The number of hydrogen-bond acceptors (Lipinski definition) is 7. The summed E-state index contributed by atoms with van der Waals surface area (Å²) >= 11 is 0. The van der Waals surface area contributed by atoms with Gasteiger partial charge < -0.3 is 23.7 Å². The summed E-state index contributed by atoms with van der Waals surface area (Å²) in [4.78, 5) is 23.4. The number of rotatable bonds is 10. The summed E-state index contributed by atoms with van der Waals surface area (Å²) in [5.41, 5.74) is 0. The van der Waals surface area contributed by atoms with E-state index >= 15 is 0 Å². The van der Waals surface area contributed by atoms with Crippen molar-refractivity contribution < 1.29 is 33.3 Å². The van der Waals surface area contributed by atoms with Crippen molar-refractivity contribution in [1.82, 2.24) is 0 Å². The fraction of sp³-hybridized carbons (Fsp3) is 0.300. The minimum absolute atomic E-state index is 0.0584. The smallest absolute Gasteiger partial charge is 0.316 e. The van der Waals surface area contributed by atoms with Crippen LogP contribution in [0.1, 0.15) is 12.8 Å². The maximum absolute atomic E-state index is 11.7. The van der Waals surface area contributed by atoms with E-state index in [1.807, 2.05) is 12.1 Å². The van der Waals surface area contributed by atoms with Crippen LogP contribution in [0.25, 0.3) is 0 Å². The Labute approximate surface area is 157 Å². The van der Waals surface area contributed by atoms with Gasteiger partial charge in [-0.2, -0.15) is 0 Å². The Bertz CT molecular complexity index is 694. The van der Waals surface area contributed by atoms with Crippen molar-refractivity contribution in [3.05, 3.63) is 48.5 Å². The summed E-state index contributed by atoms with van der Waals surface area (Å²) in [6.07, 6.45) is -0.117. The van der Waals surface area contributed by atoms with Crippen LogP contribution < -0.4 is 18.9 Å². The van der Waals surface area contributed by atoms with Crippen LogP contribution in [-0.4, -0.2) is 39.4 Å². The van der Waals surface area contributed by atoms with Gasteiger partial charge in [-0.15, -0.1) is 0 Å². The van der Waals surface area contributed by atoms with Crippen LogP contribution >= 0.6 is 0 Å². The molecule has 0 spiro atoms. The zero-order valence-electron chi connectivity index (χ0n) is 15.3. The maximum Gasteiger partial charge on any atom is 0.316 e. The van der Waals surface area contributed by atoms with E-state index in [0.717, 1.165) is 0 Å². The van der Waals surface area contributed by atoms with Gasteiger partial charge in [-0.25, -0.2) is 0 Å².